The third kappa shape index (κ3) is 7.02. The van der Waals surface area contributed by atoms with Crippen LogP contribution >= 0.6 is 0 Å². The summed E-state index contributed by atoms with van der Waals surface area (Å²) < 4.78 is 0. The van der Waals surface area contributed by atoms with Gasteiger partial charge in [-0.25, -0.2) is 0 Å². The molecule has 0 saturated heterocycles. The molecule has 4 heteroatoms. The fourth-order valence-corrected chi connectivity index (χ4v) is 7.27. The van der Waals surface area contributed by atoms with Crippen LogP contribution < -0.4 is 0 Å². The van der Waals surface area contributed by atoms with Crippen molar-refractivity contribution < 1.29 is 0 Å². The molecule has 2 N–H and O–H groups in total. The number of aromatic amines is 2. The lowest BCUT2D eigenvalue weighted by molar-refractivity contribution is 0.320. The van der Waals surface area contributed by atoms with Crippen LogP contribution in [0, 0.1) is 11.8 Å². The van der Waals surface area contributed by atoms with Crippen molar-refractivity contribution in [2.24, 2.45) is 11.8 Å². The van der Waals surface area contributed by atoms with Gasteiger partial charge in [-0.3, -0.25) is 10.2 Å². The summed E-state index contributed by atoms with van der Waals surface area (Å²) in [5.41, 5.74) is 11.3. The molecule has 0 fully saturated rings. The predicted molar refractivity (Wildman–Crippen MR) is 172 cm³/mol. The minimum Gasteiger partial charge on any atom is -0.283 e. The highest BCUT2D eigenvalue weighted by molar-refractivity contribution is 5.83. The second kappa shape index (κ2) is 12.4. The molecular formula is C37H50N4. The van der Waals surface area contributed by atoms with Gasteiger partial charge in [0, 0.05) is 23.8 Å². The maximum Gasteiger partial charge on any atom is 0.0490 e. The average Bonchev–Trinajstić information content (AvgIpc) is 3.71. The number of nitrogens with zero attached hydrogens (tertiary/aromatic N) is 2. The average molecular weight is 551 g/mol. The molecule has 0 bridgehead atoms. The van der Waals surface area contributed by atoms with Crippen LogP contribution in [0.5, 0.6) is 0 Å². The van der Waals surface area contributed by atoms with Crippen LogP contribution in [0.4, 0.5) is 0 Å². The zero-order valence-corrected chi connectivity index (χ0v) is 26.0. The number of rotatable bonds is 13. The minimum atomic E-state index is 0.227. The van der Waals surface area contributed by atoms with Crippen LogP contribution in [-0.4, -0.2) is 20.4 Å². The van der Waals surface area contributed by atoms with E-state index in [0.717, 1.165) is 25.2 Å². The van der Waals surface area contributed by atoms with Crippen molar-refractivity contribution in [1.29, 1.82) is 0 Å². The standard InChI is InChI=1S/C37H50N4/c1-7-9-27(21-28(22-32-14-18-38-40-32)23-33-15-19-39-41-33)10-8-11-29-24-31(20-26(29)2)30-12-13-34-35(25-30)37(5,6)17-16-36(34,3)4/h12-15,18-20,24-25,27-28H,2,7-11,16-17,21-23H2,1,3-6H3,(H,38,40)(H,39,41). The molecule has 2 aliphatic carbocycles. The highest BCUT2D eigenvalue weighted by atomic mass is 15.1. The van der Waals surface area contributed by atoms with Crippen molar-refractivity contribution in [2.45, 2.75) is 110 Å². The van der Waals surface area contributed by atoms with E-state index in [9.17, 15) is 0 Å². The van der Waals surface area contributed by atoms with Crippen molar-refractivity contribution in [3.05, 3.63) is 101 Å². The molecule has 2 heterocycles. The van der Waals surface area contributed by atoms with E-state index in [1.54, 1.807) is 0 Å². The Morgan fingerprint density at radius 3 is 2.10 bits per heavy atom. The Labute approximate surface area is 247 Å². The van der Waals surface area contributed by atoms with Crippen molar-refractivity contribution in [2.75, 3.05) is 0 Å². The lowest BCUT2D eigenvalue weighted by Crippen LogP contribution is -2.33. The molecule has 218 valence electrons. The summed E-state index contributed by atoms with van der Waals surface area (Å²) in [6.45, 7) is 16.4. The largest absolute Gasteiger partial charge is 0.283 e. The number of H-pyrrole nitrogens is 2. The van der Waals surface area contributed by atoms with E-state index in [1.807, 2.05) is 12.4 Å². The summed E-state index contributed by atoms with van der Waals surface area (Å²) in [6.07, 6.45) is 20.3. The smallest absolute Gasteiger partial charge is 0.0490 e. The third-order valence-corrected chi connectivity index (χ3v) is 9.81. The molecule has 1 atom stereocenters. The molecule has 0 radical (unpaired) electrons. The molecule has 41 heavy (non-hydrogen) atoms. The summed E-state index contributed by atoms with van der Waals surface area (Å²) in [4.78, 5) is 0. The molecule has 0 amide bonds. The SMILES string of the molecule is C=C1C=C(c2ccc3c(c2)C(C)(C)CCC3(C)C)C=C1CCCC(CCC)CC(Cc1ccn[nH]1)Cc1ccn[nH]1. The fourth-order valence-electron chi connectivity index (χ4n) is 7.27. The van der Waals surface area contributed by atoms with E-state index < -0.39 is 0 Å². The van der Waals surface area contributed by atoms with Crippen molar-refractivity contribution in [3.8, 4) is 0 Å². The summed E-state index contributed by atoms with van der Waals surface area (Å²) >= 11 is 0. The number of benzene rings is 1. The Kier molecular flexibility index (Phi) is 8.87. The number of allylic oxidation sites excluding steroid dienone is 5. The van der Waals surface area contributed by atoms with Gasteiger partial charge in [-0.05, 0) is 119 Å². The van der Waals surface area contributed by atoms with Gasteiger partial charge in [0.05, 0.1) is 0 Å². The minimum absolute atomic E-state index is 0.227. The molecule has 3 aromatic rings. The summed E-state index contributed by atoms with van der Waals surface area (Å²) in [5, 5.41) is 14.7. The monoisotopic (exact) mass is 550 g/mol. The molecule has 0 aliphatic heterocycles. The third-order valence-electron chi connectivity index (χ3n) is 9.81. The maximum atomic E-state index is 4.45. The van der Waals surface area contributed by atoms with Gasteiger partial charge in [-0.1, -0.05) is 84.7 Å². The number of nitrogens with one attached hydrogen (secondary N) is 2. The first-order valence-corrected chi connectivity index (χ1v) is 15.9. The van der Waals surface area contributed by atoms with Gasteiger partial charge in [0.25, 0.3) is 0 Å². The maximum absolute atomic E-state index is 4.45. The molecule has 1 unspecified atom stereocenters. The van der Waals surface area contributed by atoms with Crippen molar-refractivity contribution >= 4 is 5.57 Å². The van der Waals surface area contributed by atoms with Gasteiger partial charge < -0.3 is 0 Å². The second-order valence-corrected chi connectivity index (χ2v) is 14.0. The normalized spacial score (nSPS) is 18.3. The molecular weight excluding hydrogens is 500 g/mol. The Morgan fingerprint density at radius 1 is 0.829 bits per heavy atom. The Bertz CT molecular complexity index is 1330. The number of hydrogen-bond acceptors (Lipinski definition) is 2. The lowest BCUT2D eigenvalue weighted by atomic mass is 9.63. The zero-order chi connectivity index (χ0) is 29.0. The Hall–Kier alpha value is -3.14. The van der Waals surface area contributed by atoms with Gasteiger partial charge in [0.1, 0.15) is 0 Å². The van der Waals surface area contributed by atoms with Crippen LogP contribution in [0.3, 0.4) is 0 Å². The quantitative estimate of drug-likeness (QED) is 0.223. The van der Waals surface area contributed by atoms with Crippen LogP contribution in [-0.2, 0) is 23.7 Å². The fraction of sp³-hybridized carbons (Fsp3) is 0.514. The number of fused-ring (bicyclic) bond motifs is 1. The van der Waals surface area contributed by atoms with Gasteiger partial charge in [0.2, 0.25) is 0 Å². The van der Waals surface area contributed by atoms with E-state index in [1.165, 1.54) is 89.7 Å². The predicted octanol–water partition coefficient (Wildman–Crippen LogP) is 9.44. The topological polar surface area (TPSA) is 57.4 Å². The van der Waals surface area contributed by atoms with Crippen LogP contribution in [0.15, 0.2) is 72.6 Å². The van der Waals surface area contributed by atoms with Gasteiger partial charge in [0.15, 0.2) is 0 Å². The van der Waals surface area contributed by atoms with Gasteiger partial charge >= 0.3 is 0 Å². The molecule has 0 saturated carbocycles. The molecule has 2 aliphatic rings. The Morgan fingerprint density at radius 2 is 1.49 bits per heavy atom. The highest BCUT2D eigenvalue weighted by Crippen LogP contribution is 2.47. The van der Waals surface area contributed by atoms with Crippen LogP contribution in [0.25, 0.3) is 5.57 Å². The summed E-state index contributed by atoms with van der Waals surface area (Å²) in [6, 6.07) is 11.5. The Balaban J connectivity index is 1.23. The molecule has 4 nitrogen and oxygen atoms in total. The van der Waals surface area contributed by atoms with E-state index >= 15 is 0 Å². The zero-order valence-electron chi connectivity index (χ0n) is 26.0. The first-order valence-electron chi connectivity index (χ1n) is 15.9. The van der Waals surface area contributed by atoms with Crippen molar-refractivity contribution in [1.82, 2.24) is 20.4 Å². The summed E-state index contributed by atoms with van der Waals surface area (Å²) in [7, 11) is 0. The van der Waals surface area contributed by atoms with Gasteiger partial charge in [-0.2, -0.15) is 10.2 Å². The first-order chi connectivity index (χ1) is 19.6. The van der Waals surface area contributed by atoms with E-state index in [4.69, 9.17) is 0 Å². The lowest BCUT2D eigenvalue weighted by Gasteiger charge is -2.42. The van der Waals surface area contributed by atoms with Crippen LogP contribution in [0.1, 0.15) is 114 Å². The molecule has 2 aromatic heterocycles. The van der Waals surface area contributed by atoms with Crippen molar-refractivity contribution in [3.63, 3.8) is 0 Å². The van der Waals surface area contributed by atoms with Crippen LogP contribution in [0.2, 0.25) is 0 Å². The van der Waals surface area contributed by atoms with E-state index in [-0.39, 0.29) is 10.8 Å². The second-order valence-electron chi connectivity index (χ2n) is 14.0. The van der Waals surface area contributed by atoms with E-state index in [0.29, 0.717) is 5.92 Å². The molecule has 0 spiro atoms. The summed E-state index contributed by atoms with van der Waals surface area (Å²) in [5.74, 6) is 1.30. The van der Waals surface area contributed by atoms with Gasteiger partial charge in [-0.15, -0.1) is 0 Å². The van der Waals surface area contributed by atoms with E-state index in [2.05, 4.69) is 104 Å². The number of aromatic nitrogens is 4. The first kappa shape index (κ1) is 29.4. The number of hydrogen-bond donors (Lipinski definition) is 2. The molecule has 1 aromatic carbocycles. The highest BCUT2D eigenvalue weighted by Gasteiger charge is 2.37. The molecule has 5 rings (SSSR count).